The number of rotatable bonds is 5. The highest BCUT2D eigenvalue weighted by atomic mass is 35.5. The monoisotopic (exact) mass is 275 g/mol. The fraction of sp³-hybridized carbons (Fsp3) is 0.300. The molecule has 1 amide bonds. The zero-order valence-corrected chi connectivity index (χ0v) is 10.2. The molecule has 5 N–H and O–H groups in total. The minimum Gasteiger partial charge on any atom is -0.395 e. The van der Waals surface area contributed by atoms with E-state index in [4.69, 9.17) is 16.6 Å². The third-order valence-electron chi connectivity index (χ3n) is 2.29. The Labute approximate surface area is 109 Å². The number of carbonyl (C=O) groups is 1. The van der Waals surface area contributed by atoms with Crippen molar-refractivity contribution >= 4 is 24.0 Å². The van der Waals surface area contributed by atoms with Gasteiger partial charge in [-0.15, -0.1) is 12.4 Å². The lowest BCUT2D eigenvalue weighted by Crippen LogP contribution is -2.28. The van der Waals surface area contributed by atoms with E-state index in [2.05, 4.69) is 0 Å². The standard InChI is InChI=1S/C10H13N3O4.ClH/c11-7(5-14)3-6-1-2-8(13(16)17)4-9(6)10(12)15;/h1-2,4,7,14H,3,5,11H2,(H2,12,15);1H/t7-;/m0./s1. The van der Waals surface area contributed by atoms with E-state index >= 15 is 0 Å². The Balaban J connectivity index is 0.00000289. The van der Waals surface area contributed by atoms with Crippen molar-refractivity contribution in [2.45, 2.75) is 12.5 Å². The zero-order chi connectivity index (χ0) is 13.0. The molecule has 1 rings (SSSR count). The number of nitrogens with zero attached hydrogens (tertiary/aromatic N) is 1. The molecule has 18 heavy (non-hydrogen) atoms. The summed E-state index contributed by atoms with van der Waals surface area (Å²) in [5, 5.41) is 19.4. The van der Waals surface area contributed by atoms with Gasteiger partial charge in [0.25, 0.3) is 5.69 Å². The molecule has 8 heteroatoms. The van der Waals surface area contributed by atoms with Crippen molar-refractivity contribution in [3.8, 4) is 0 Å². The third-order valence-corrected chi connectivity index (χ3v) is 2.29. The van der Waals surface area contributed by atoms with E-state index in [1.165, 1.54) is 12.1 Å². The van der Waals surface area contributed by atoms with Crippen LogP contribution in [0.4, 0.5) is 5.69 Å². The molecule has 0 aromatic heterocycles. The van der Waals surface area contributed by atoms with Gasteiger partial charge in [0.1, 0.15) is 0 Å². The van der Waals surface area contributed by atoms with Crippen molar-refractivity contribution in [1.29, 1.82) is 0 Å². The Kier molecular flexibility index (Phi) is 6.24. The minimum atomic E-state index is -0.756. The van der Waals surface area contributed by atoms with Crippen molar-refractivity contribution in [3.05, 3.63) is 39.4 Å². The predicted molar refractivity (Wildman–Crippen MR) is 67.6 cm³/mol. The van der Waals surface area contributed by atoms with Gasteiger partial charge in [0, 0.05) is 23.7 Å². The van der Waals surface area contributed by atoms with E-state index in [1.807, 2.05) is 0 Å². The predicted octanol–water partition coefficient (Wildman–Crippen LogP) is -0.0224. The van der Waals surface area contributed by atoms with Gasteiger partial charge in [0.2, 0.25) is 5.91 Å². The Morgan fingerprint density at radius 1 is 1.50 bits per heavy atom. The van der Waals surface area contributed by atoms with Crippen LogP contribution in [0.1, 0.15) is 15.9 Å². The molecule has 1 atom stereocenters. The molecule has 0 saturated carbocycles. The van der Waals surface area contributed by atoms with Crippen LogP contribution in [0.2, 0.25) is 0 Å². The second kappa shape index (κ2) is 6.90. The van der Waals surface area contributed by atoms with Gasteiger partial charge in [0.05, 0.1) is 11.5 Å². The molecule has 0 saturated heterocycles. The Bertz CT molecular complexity index is 453. The number of amides is 1. The molecule has 7 nitrogen and oxygen atoms in total. The molecular formula is C10H14ClN3O4. The van der Waals surface area contributed by atoms with Gasteiger partial charge >= 0.3 is 0 Å². The topological polar surface area (TPSA) is 132 Å². The number of halogens is 1. The average molecular weight is 276 g/mol. The maximum Gasteiger partial charge on any atom is 0.270 e. The van der Waals surface area contributed by atoms with Crippen LogP contribution in [0.3, 0.4) is 0 Å². The fourth-order valence-electron chi connectivity index (χ4n) is 1.43. The number of carbonyl (C=O) groups excluding carboxylic acids is 1. The lowest BCUT2D eigenvalue weighted by molar-refractivity contribution is -0.384. The number of nitro groups is 1. The van der Waals surface area contributed by atoms with Gasteiger partial charge < -0.3 is 16.6 Å². The summed E-state index contributed by atoms with van der Waals surface area (Å²) in [4.78, 5) is 21.1. The summed E-state index contributed by atoms with van der Waals surface area (Å²) in [7, 11) is 0. The molecular weight excluding hydrogens is 262 g/mol. The number of aliphatic hydroxyl groups is 1. The van der Waals surface area contributed by atoms with Crippen LogP contribution >= 0.6 is 12.4 Å². The van der Waals surface area contributed by atoms with Gasteiger partial charge in [-0.3, -0.25) is 14.9 Å². The summed E-state index contributed by atoms with van der Waals surface area (Å²) in [6.45, 7) is -0.241. The van der Waals surface area contributed by atoms with Gasteiger partial charge in [0.15, 0.2) is 0 Å². The lowest BCUT2D eigenvalue weighted by Gasteiger charge is -2.10. The molecule has 0 unspecified atom stereocenters. The summed E-state index contributed by atoms with van der Waals surface area (Å²) < 4.78 is 0. The first kappa shape index (κ1) is 16.3. The molecule has 0 bridgehead atoms. The van der Waals surface area contributed by atoms with Gasteiger partial charge in [-0.2, -0.15) is 0 Å². The minimum absolute atomic E-state index is 0. The van der Waals surface area contributed by atoms with Crippen molar-refractivity contribution in [3.63, 3.8) is 0 Å². The summed E-state index contributed by atoms with van der Waals surface area (Å²) in [5.74, 6) is -0.756. The first-order valence-corrected chi connectivity index (χ1v) is 4.89. The highest BCUT2D eigenvalue weighted by Crippen LogP contribution is 2.18. The van der Waals surface area contributed by atoms with Crippen LogP contribution in [0.5, 0.6) is 0 Å². The average Bonchev–Trinajstić information content (AvgIpc) is 2.28. The number of nitro benzene ring substituents is 1. The Morgan fingerprint density at radius 2 is 2.11 bits per heavy atom. The van der Waals surface area contributed by atoms with Crippen LogP contribution in [0.15, 0.2) is 18.2 Å². The molecule has 1 aromatic rings. The Hall–Kier alpha value is -1.70. The highest BCUT2D eigenvalue weighted by molar-refractivity contribution is 5.95. The van der Waals surface area contributed by atoms with E-state index in [0.717, 1.165) is 6.07 Å². The number of hydrogen-bond donors (Lipinski definition) is 3. The van der Waals surface area contributed by atoms with Crippen LogP contribution in [0.25, 0.3) is 0 Å². The number of hydrogen-bond acceptors (Lipinski definition) is 5. The molecule has 0 aliphatic rings. The largest absolute Gasteiger partial charge is 0.395 e. The van der Waals surface area contributed by atoms with Crippen molar-refractivity contribution in [2.75, 3.05) is 6.61 Å². The number of nitrogens with two attached hydrogens (primary N) is 2. The smallest absolute Gasteiger partial charge is 0.270 e. The second-order valence-electron chi connectivity index (χ2n) is 3.61. The van der Waals surface area contributed by atoms with Crippen LogP contribution in [0, 0.1) is 10.1 Å². The van der Waals surface area contributed by atoms with E-state index in [1.54, 1.807) is 0 Å². The summed E-state index contributed by atoms with van der Waals surface area (Å²) >= 11 is 0. The third kappa shape index (κ3) is 3.95. The molecule has 1 aromatic carbocycles. The van der Waals surface area contributed by atoms with E-state index in [-0.39, 0.29) is 36.7 Å². The molecule has 0 spiro atoms. The van der Waals surface area contributed by atoms with Gasteiger partial charge in [-0.25, -0.2) is 0 Å². The van der Waals surface area contributed by atoms with Gasteiger partial charge in [-0.1, -0.05) is 6.07 Å². The Morgan fingerprint density at radius 3 is 2.56 bits per heavy atom. The molecule has 0 fully saturated rings. The van der Waals surface area contributed by atoms with Crippen molar-refractivity contribution < 1.29 is 14.8 Å². The number of aliphatic hydroxyl groups excluding tert-OH is 1. The van der Waals surface area contributed by atoms with Crippen LogP contribution in [-0.4, -0.2) is 28.6 Å². The SMILES string of the molecule is Cl.NC(=O)c1cc([N+](=O)[O-])ccc1C[C@H](N)CO. The summed E-state index contributed by atoms with van der Waals surface area (Å²) in [6, 6.07) is 3.27. The zero-order valence-electron chi connectivity index (χ0n) is 9.41. The molecule has 0 heterocycles. The van der Waals surface area contributed by atoms with Crippen molar-refractivity contribution in [1.82, 2.24) is 0 Å². The number of benzene rings is 1. The van der Waals surface area contributed by atoms with E-state index < -0.39 is 16.9 Å². The summed E-state index contributed by atoms with van der Waals surface area (Å²) in [5.41, 5.74) is 11.0. The normalized spacial score (nSPS) is 11.4. The quantitative estimate of drug-likeness (QED) is 0.513. The lowest BCUT2D eigenvalue weighted by atomic mass is 10.00. The molecule has 0 radical (unpaired) electrons. The number of primary amides is 1. The first-order chi connectivity index (χ1) is 7.95. The highest BCUT2D eigenvalue weighted by Gasteiger charge is 2.16. The molecule has 0 aliphatic heterocycles. The van der Waals surface area contributed by atoms with E-state index in [9.17, 15) is 14.9 Å². The molecule has 100 valence electrons. The second-order valence-corrected chi connectivity index (χ2v) is 3.61. The molecule has 0 aliphatic carbocycles. The fourth-order valence-corrected chi connectivity index (χ4v) is 1.43. The van der Waals surface area contributed by atoms with Crippen LogP contribution < -0.4 is 11.5 Å². The van der Waals surface area contributed by atoms with E-state index in [0.29, 0.717) is 5.56 Å². The van der Waals surface area contributed by atoms with Crippen LogP contribution in [-0.2, 0) is 6.42 Å². The van der Waals surface area contributed by atoms with Crippen molar-refractivity contribution in [2.24, 2.45) is 11.5 Å². The maximum absolute atomic E-state index is 11.2. The number of non-ortho nitro benzene ring substituents is 1. The maximum atomic E-state index is 11.2. The van der Waals surface area contributed by atoms with Gasteiger partial charge in [-0.05, 0) is 12.0 Å². The first-order valence-electron chi connectivity index (χ1n) is 4.89. The summed E-state index contributed by atoms with van der Waals surface area (Å²) in [6.07, 6.45) is 0.229.